The number of rotatable bonds is 8. The number of carbonyl (C=O) groups is 1. The Balaban J connectivity index is 2.07. The van der Waals surface area contributed by atoms with Crippen LogP contribution in [0.1, 0.15) is 5.56 Å². The summed E-state index contributed by atoms with van der Waals surface area (Å²) in [5.74, 6) is 0.727. The number of aromatic nitrogens is 1. The molecule has 1 heterocycles. The van der Waals surface area contributed by atoms with Crippen LogP contribution in [0.4, 0.5) is 5.69 Å². The van der Waals surface area contributed by atoms with Crippen molar-refractivity contribution >= 4 is 33.6 Å². The summed E-state index contributed by atoms with van der Waals surface area (Å²) < 4.78 is 16.6. The first kappa shape index (κ1) is 19.0. The van der Waals surface area contributed by atoms with Gasteiger partial charge in [-0.2, -0.15) is 0 Å². The zero-order valence-electron chi connectivity index (χ0n) is 14.0. The molecule has 7 heteroatoms. The van der Waals surface area contributed by atoms with E-state index in [1.165, 1.54) is 6.08 Å². The predicted octanol–water partition coefficient (Wildman–Crippen LogP) is 3.53. The van der Waals surface area contributed by atoms with Crippen LogP contribution < -0.4 is 14.8 Å². The average molecular weight is 407 g/mol. The fraction of sp³-hybridized carbons (Fsp3) is 0.222. The van der Waals surface area contributed by atoms with Gasteiger partial charge >= 0.3 is 0 Å². The molecule has 0 saturated heterocycles. The SMILES string of the molecule is COCCOc1ncccc1NC(=O)/C=C/c1cc(Br)ccc1OC. The van der Waals surface area contributed by atoms with Crippen LogP contribution in [0.15, 0.2) is 47.1 Å². The lowest BCUT2D eigenvalue weighted by Gasteiger charge is -2.10. The molecule has 0 fully saturated rings. The minimum Gasteiger partial charge on any atom is -0.496 e. The summed E-state index contributed by atoms with van der Waals surface area (Å²) in [5, 5.41) is 2.75. The molecule has 2 rings (SSSR count). The van der Waals surface area contributed by atoms with Gasteiger partial charge in [0.25, 0.3) is 0 Å². The van der Waals surface area contributed by atoms with Crippen LogP contribution in [0.2, 0.25) is 0 Å². The maximum atomic E-state index is 12.2. The maximum Gasteiger partial charge on any atom is 0.248 e. The zero-order valence-corrected chi connectivity index (χ0v) is 15.6. The lowest BCUT2D eigenvalue weighted by atomic mass is 10.2. The summed E-state index contributed by atoms with van der Waals surface area (Å²) in [6.45, 7) is 0.786. The second-order valence-electron chi connectivity index (χ2n) is 4.91. The van der Waals surface area contributed by atoms with Gasteiger partial charge < -0.3 is 19.5 Å². The number of hydrogen-bond acceptors (Lipinski definition) is 5. The molecule has 0 spiro atoms. The van der Waals surface area contributed by atoms with Gasteiger partial charge in [-0.3, -0.25) is 4.79 Å². The van der Waals surface area contributed by atoms with Crippen LogP contribution in [-0.2, 0) is 9.53 Å². The highest BCUT2D eigenvalue weighted by atomic mass is 79.9. The molecule has 0 aliphatic carbocycles. The Hall–Kier alpha value is -2.38. The first-order valence-corrected chi connectivity index (χ1v) is 8.32. The van der Waals surface area contributed by atoms with Crippen LogP contribution >= 0.6 is 15.9 Å². The van der Waals surface area contributed by atoms with Crippen LogP contribution in [0.5, 0.6) is 11.6 Å². The summed E-state index contributed by atoms with van der Waals surface area (Å²) in [6.07, 6.45) is 4.71. The molecule has 1 aromatic carbocycles. The first-order valence-electron chi connectivity index (χ1n) is 7.53. The van der Waals surface area contributed by atoms with Crippen LogP contribution in [0, 0.1) is 0 Å². The normalized spacial score (nSPS) is 10.7. The Morgan fingerprint density at radius 2 is 2.12 bits per heavy atom. The summed E-state index contributed by atoms with van der Waals surface area (Å²) in [5.41, 5.74) is 1.28. The Labute approximate surface area is 154 Å². The number of halogens is 1. The highest BCUT2D eigenvalue weighted by molar-refractivity contribution is 9.10. The average Bonchev–Trinajstić information content (AvgIpc) is 2.62. The molecule has 0 unspecified atom stereocenters. The second-order valence-corrected chi connectivity index (χ2v) is 5.82. The van der Waals surface area contributed by atoms with Crippen molar-refractivity contribution < 1.29 is 19.0 Å². The second kappa shape index (κ2) is 9.80. The molecule has 0 radical (unpaired) electrons. The van der Waals surface area contributed by atoms with Gasteiger partial charge in [-0.05, 0) is 36.4 Å². The smallest absolute Gasteiger partial charge is 0.248 e. The molecule has 1 amide bonds. The third-order valence-electron chi connectivity index (χ3n) is 3.16. The Bertz CT molecular complexity index is 750. The van der Waals surface area contributed by atoms with Crippen molar-refractivity contribution in [3.8, 4) is 11.6 Å². The van der Waals surface area contributed by atoms with Crippen molar-refractivity contribution in [3.63, 3.8) is 0 Å². The number of nitrogens with zero attached hydrogens (tertiary/aromatic N) is 1. The predicted molar refractivity (Wildman–Crippen MR) is 100.0 cm³/mol. The van der Waals surface area contributed by atoms with Gasteiger partial charge in [-0.15, -0.1) is 0 Å². The molecule has 1 N–H and O–H groups in total. The van der Waals surface area contributed by atoms with Crippen molar-refractivity contribution in [2.24, 2.45) is 0 Å². The first-order chi connectivity index (χ1) is 12.1. The molecule has 0 aliphatic rings. The Kier molecular flexibility index (Phi) is 7.43. The van der Waals surface area contributed by atoms with E-state index in [9.17, 15) is 4.79 Å². The lowest BCUT2D eigenvalue weighted by Crippen LogP contribution is -2.12. The van der Waals surface area contributed by atoms with E-state index in [4.69, 9.17) is 14.2 Å². The third kappa shape index (κ3) is 5.88. The van der Waals surface area contributed by atoms with Gasteiger partial charge in [-0.1, -0.05) is 15.9 Å². The molecular formula is C18H19BrN2O4. The molecule has 1 aromatic heterocycles. The number of nitrogens with one attached hydrogen (secondary N) is 1. The van der Waals surface area contributed by atoms with E-state index < -0.39 is 0 Å². The van der Waals surface area contributed by atoms with E-state index in [2.05, 4.69) is 26.2 Å². The van der Waals surface area contributed by atoms with Crippen molar-refractivity contribution in [2.75, 3.05) is 32.8 Å². The number of hydrogen-bond donors (Lipinski definition) is 1. The van der Waals surface area contributed by atoms with Gasteiger partial charge in [0, 0.05) is 29.4 Å². The number of ether oxygens (including phenoxy) is 3. The van der Waals surface area contributed by atoms with Crippen molar-refractivity contribution in [3.05, 3.63) is 52.6 Å². The van der Waals surface area contributed by atoms with Gasteiger partial charge in [0.2, 0.25) is 11.8 Å². The quantitative estimate of drug-likeness (QED) is 0.536. The molecule has 0 bridgehead atoms. The van der Waals surface area contributed by atoms with Gasteiger partial charge in [-0.25, -0.2) is 4.98 Å². The van der Waals surface area contributed by atoms with Crippen molar-refractivity contribution in [1.29, 1.82) is 0 Å². The largest absolute Gasteiger partial charge is 0.496 e. The van der Waals surface area contributed by atoms with Crippen LogP contribution in [-0.4, -0.2) is 38.3 Å². The Morgan fingerprint density at radius 3 is 2.88 bits per heavy atom. The highest BCUT2D eigenvalue weighted by Crippen LogP contribution is 2.24. The summed E-state index contributed by atoms with van der Waals surface area (Å²) >= 11 is 3.40. The molecular weight excluding hydrogens is 388 g/mol. The summed E-state index contributed by atoms with van der Waals surface area (Å²) in [6, 6.07) is 9.01. The number of pyridine rings is 1. The molecule has 0 saturated carbocycles. The van der Waals surface area contributed by atoms with Crippen molar-refractivity contribution in [1.82, 2.24) is 4.98 Å². The fourth-order valence-electron chi connectivity index (χ4n) is 2.00. The number of anilines is 1. The van der Waals surface area contributed by atoms with E-state index >= 15 is 0 Å². The minimum atomic E-state index is -0.299. The molecule has 2 aromatic rings. The van der Waals surface area contributed by atoms with Crippen LogP contribution in [0.25, 0.3) is 6.08 Å². The topological polar surface area (TPSA) is 69.7 Å². The number of benzene rings is 1. The number of carbonyl (C=O) groups excluding carboxylic acids is 1. The van der Waals surface area contributed by atoms with E-state index in [0.29, 0.717) is 30.5 Å². The van der Waals surface area contributed by atoms with Gasteiger partial charge in [0.1, 0.15) is 18.0 Å². The minimum absolute atomic E-state index is 0.299. The van der Waals surface area contributed by atoms with E-state index in [-0.39, 0.29) is 5.91 Å². The van der Waals surface area contributed by atoms with E-state index in [1.807, 2.05) is 18.2 Å². The molecule has 0 aliphatic heterocycles. The molecule has 0 atom stereocenters. The highest BCUT2D eigenvalue weighted by Gasteiger charge is 2.07. The summed E-state index contributed by atoms with van der Waals surface area (Å²) in [7, 11) is 3.17. The third-order valence-corrected chi connectivity index (χ3v) is 3.65. The molecule has 132 valence electrons. The standard InChI is InChI=1S/C18H19BrN2O4/c1-23-10-11-25-18-15(4-3-9-20-18)21-17(22)8-5-13-12-14(19)6-7-16(13)24-2/h3-9,12H,10-11H2,1-2H3,(H,21,22)/b8-5+. The zero-order chi connectivity index (χ0) is 18.1. The van der Waals surface area contributed by atoms with Gasteiger partial charge in [0.15, 0.2) is 0 Å². The maximum absolute atomic E-state index is 12.2. The number of methoxy groups -OCH3 is 2. The molecule has 25 heavy (non-hydrogen) atoms. The number of amides is 1. The van der Waals surface area contributed by atoms with Crippen molar-refractivity contribution in [2.45, 2.75) is 0 Å². The monoisotopic (exact) mass is 406 g/mol. The molecule has 6 nitrogen and oxygen atoms in total. The van der Waals surface area contributed by atoms with E-state index in [1.54, 1.807) is 38.6 Å². The van der Waals surface area contributed by atoms with Crippen LogP contribution in [0.3, 0.4) is 0 Å². The Morgan fingerprint density at radius 1 is 1.28 bits per heavy atom. The van der Waals surface area contributed by atoms with Gasteiger partial charge in [0.05, 0.1) is 13.7 Å². The lowest BCUT2D eigenvalue weighted by molar-refractivity contribution is -0.111. The summed E-state index contributed by atoms with van der Waals surface area (Å²) in [4.78, 5) is 16.3. The van der Waals surface area contributed by atoms with E-state index in [0.717, 1.165) is 10.0 Å². The fourth-order valence-corrected chi connectivity index (χ4v) is 2.38.